The highest BCUT2D eigenvalue weighted by atomic mass is 35.5. The number of amides is 3. The predicted octanol–water partition coefficient (Wildman–Crippen LogP) is 4.63. The summed E-state index contributed by atoms with van der Waals surface area (Å²) in [5, 5.41) is 17.4. The molecule has 3 heterocycles. The fourth-order valence-corrected chi connectivity index (χ4v) is 6.00. The number of ether oxygens (including phenoxy) is 1. The Balaban J connectivity index is 1.35. The summed E-state index contributed by atoms with van der Waals surface area (Å²) in [6.07, 6.45) is 2.14. The number of nitrogens with one attached hydrogen (secondary N) is 1. The number of aromatic nitrogens is 2. The molecule has 6 rings (SSSR count). The molecule has 44 heavy (non-hydrogen) atoms. The molecule has 0 bridgehead atoms. The first kappa shape index (κ1) is 29.6. The number of rotatable bonds is 7. The number of benzene rings is 2. The fourth-order valence-electron chi connectivity index (χ4n) is 5.84. The van der Waals surface area contributed by atoms with Gasteiger partial charge in [0, 0.05) is 29.6 Å². The Bertz CT molecular complexity index is 1680. The molecule has 2 aliphatic heterocycles. The van der Waals surface area contributed by atoms with Crippen LogP contribution < -0.4 is 10.1 Å². The molecular weight excluding hydrogens is 594 g/mol. The van der Waals surface area contributed by atoms with Gasteiger partial charge in [0.05, 0.1) is 35.4 Å². The third kappa shape index (κ3) is 5.48. The molecule has 0 spiro atoms. The number of carbonyl (C=O) groups is 3. The molecule has 2 aromatic carbocycles. The van der Waals surface area contributed by atoms with Crippen LogP contribution in [0.1, 0.15) is 82.0 Å². The first-order valence-electron chi connectivity index (χ1n) is 14.3. The van der Waals surface area contributed by atoms with E-state index < -0.39 is 18.7 Å². The van der Waals surface area contributed by atoms with E-state index in [2.05, 4.69) is 10.1 Å². The molecule has 3 aromatic rings. The van der Waals surface area contributed by atoms with Gasteiger partial charge in [-0.1, -0.05) is 23.7 Å². The second-order valence-corrected chi connectivity index (χ2v) is 11.8. The third-order valence-electron chi connectivity index (χ3n) is 8.45. The minimum absolute atomic E-state index is 0.00351. The maximum atomic E-state index is 14.2. The standard InChI is InChI=1S/C31H29ClF2N6O4/c1-16-11-25-23(14-38(16)29(42)19-5-10-24(32)20(12-19)13-35)27-30(43)39(15-26(40(27)37-25)28(41)36-21-6-7-21)17(2)18-3-8-22(9-4-18)44-31(33)34/h3-5,8-10,12,16-17,21,26,31H,6-7,11,14-15H2,1-2H3,(H,36,41)/t16-,17-,26+/m1/s1. The zero-order valence-electron chi connectivity index (χ0n) is 24.0. The number of nitriles is 1. The maximum absolute atomic E-state index is 14.2. The molecule has 3 atom stereocenters. The Morgan fingerprint density at radius 3 is 2.57 bits per heavy atom. The summed E-state index contributed by atoms with van der Waals surface area (Å²) in [5.74, 6) is -0.921. The Morgan fingerprint density at radius 1 is 1.18 bits per heavy atom. The summed E-state index contributed by atoms with van der Waals surface area (Å²) in [6, 6.07) is 11.1. The van der Waals surface area contributed by atoms with Gasteiger partial charge in [0.2, 0.25) is 5.91 Å². The molecule has 228 valence electrons. The molecule has 1 aliphatic carbocycles. The van der Waals surface area contributed by atoms with E-state index in [4.69, 9.17) is 16.7 Å². The largest absolute Gasteiger partial charge is 0.435 e. The molecule has 10 nitrogen and oxygen atoms in total. The molecule has 3 aliphatic rings. The summed E-state index contributed by atoms with van der Waals surface area (Å²) in [6.45, 7) is 0.873. The van der Waals surface area contributed by atoms with Gasteiger partial charge in [0.15, 0.2) is 0 Å². The zero-order chi connectivity index (χ0) is 31.3. The molecule has 1 N–H and O–H groups in total. The molecule has 3 amide bonds. The number of hydrogen-bond donors (Lipinski definition) is 1. The molecule has 0 unspecified atom stereocenters. The highest BCUT2D eigenvalue weighted by molar-refractivity contribution is 6.31. The predicted molar refractivity (Wildman–Crippen MR) is 154 cm³/mol. The van der Waals surface area contributed by atoms with Crippen molar-refractivity contribution in [2.24, 2.45) is 0 Å². The number of halogens is 3. The van der Waals surface area contributed by atoms with Gasteiger partial charge in [-0.05, 0) is 62.6 Å². The fraction of sp³-hybridized carbons (Fsp3) is 0.387. The highest BCUT2D eigenvalue weighted by Gasteiger charge is 2.44. The topological polar surface area (TPSA) is 121 Å². The van der Waals surface area contributed by atoms with Crippen molar-refractivity contribution in [3.63, 3.8) is 0 Å². The number of nitrogens with zero attached hydrogens (tertiary/aromatic N) is 5. The van der Waals surface area contributed by atoms with Crippen LogP contribution in [0.2, 0.25) is 5.02 Å². The van der Waals surface area contributed by atoms with Gasteiger partial charge < -0.3 is 19.9 Å². The zero-order valence-corrected chi connectivity index (χ0v) is 24.7. The average Bonchev–Trinajstić information content (AvgIpc) is 3.73. The van der Waals surface area contributed by atoms with Crippen molar-refractivity contribution >= 4 is 29.3 Å². The maximum Gasteiger partial charge on any atom is 0.387 e. The second kappa shape index (κ2) is 11.5. The molecule has 1 saturated carbocycles. The van der Waals surface area contributed by atoms with E-state index in [0.717, 1.165) is 12.8 Å². The third-order valence-corrected chi connectivity index (χ3v) is 8.78. The van der Waals surface area contributed by atoms with E-state index in [1.807, 2.05) is 13.0 Å². The minimum Gasteiger partial charge on any atom is -0.435 e. The quantitative estimate of drug-likeness (QED) is 0.410. The van der Waals surface area contributed by atoms with Gasteiger partial charge in [-0.25, -0.2) is 4.68 Å². The van der Waals surface area contributed by atoms with E-state index in [9.17, 15) is 28.4 Å². The number of hydrogen-bond acceptors (Lipinski definition) is 6. The van der Waals surface area contributed by atoms with Crippen molar-refractivity contribution < 1.29 is 27.9 Å². The van der Waals surface area contributed by atoms with Gasteiger partial charge in [-0.2, -0.15) is 19.1 Å². The lowest BCUT2D eigenvalue weighted by molar-refractivity contribution is -0.125. The normalized spacial score (nSPS) is 20.1. The van der Waals surface area contributed by atoms with Crippen molar-refractivity contribution in [3.8, 4) is 11.8 Å². The van der Waals surface area contributed by atoms with Crippen LogP contribution >= 0.6 is 11.6 Å². The van der Waals surface area contributed by atoms with Gasteiger partial charge in [-0.3, -0.25) is 14.4 Å². The van der Waals surface area contributed by atoms with Gasteiger partial charge >= 0.3 is 6.61 Å². The molecular formula is C31H29ClF2N6O4. The van der Waals surface area contributed by atoms with Crippen LogP contribution in [0.5, 0.6) is 5.75 Å². The van der Waals surface area contributed by atoms with Crippen LogP contribution in [0.4, 0.5) is 8.78 Å². The van der Waals surface area contributed by atoms with Gasteiger partial charge in [-0.15, -0.1) is 0 Å². The van der Waals surface area contributed by atoms with E-state index in [1.165, 1.54) is 28.9 Å². The molecule has 0 radical (unpaired) electrons. The summed E-state index contributed by atoms with van der Waals surface area (Å²) < 4.78 is 31.3. The lowest BCUT2D eigenvalue weighted by Crippen LogP contribution is -2.50. The first-order valence-corrected chi connectivity index (χ1v) is 14.7. The number of fused-ring (bicyclic) bond motifs is 3. The first-order chi connectivity index (χ1) is 21.0. The number of alkyl halides is 2. The average molecular weight is 623 g/mol. The van der Waals surface area contributed by atoms with E-state index in [0.29, 0.717) is 28.8 Å². The van der Waals surface area contributed by atoms with Crippen LogP contribution in [-0.2, 0) is 17.8 Å². The Labute approximate surface area is 257 Å². The van der Waals surface area contributed by atoms with Crippen LogP contribution in [0.3, 0.4) is 0 Å². The summed E-state index contributed by atoms with van der Waals surface area (Å²) in [5.41, 5.74) is 2.60. The highest BCUT2D eigenvalue weighted by Crippen LogP contribution is 2.36. The summed E-state index contributed by atoms with van der Waals surface area (Å²) >= 11 is 6.08. The van der Waals surface area contributed by atoms with Crippen molar-refractivity contribution in [1.29, 1.82) is 5.26 Å². The molecule has 13 heteroatoms. The monoisotopic (exact) mass is 622 g/mol. The molecule has 1 aromatic heterocycles. The van der Waals surface area contributed by atoms with Crippen LogP contribution in [0.25, 0.3) is 0 Å². The van der Waals surface area contributed by atoms with Gasteiger partial charge in [0.25, 0.3) is 11.8 Å². The van der Waals surface area contributed by atoms with Crippen molar-refractivity contribution in [3.05, 3.63) is 81.1 Å². The lowest BCUT2D eigenvalue weighted by Gasteiger charge is -2.38. The SMILES string of the molecule is C[C@@H]1Cc2nn3c(c2CN1C(=O)c1ccc(Cl)c(C#N)c1)C(=O)N([C@H](C)c1ccc(OC(F)F)cc1)C[C@H]3C(=O)NC1CC1. The van der Waals surface area contributed by atoms with E-state index >= 15 is 0 Å². The van der Waals surface area contributed by atoms with Crippen LogP contribution in [0.15, 0.2) is 42.5 Å². The second-order valence-electron chi connectivity index (χ2n) is 11.4. The summed E-state index contributed by atoms with van der Waals surface area (Å²) in [7, 11) is 0. The smallest absolute Gasteiger partial charge is 0.387 e. The Morgan fingerprint density at radius 2 is 1.91 bits per heavy atom. The van der Waals surface area contributed by atoms with Crippen molar-refractivity contribution in [1.82, 2.24) is 24.9 Å². The van der Waals surface area contributed by atoms with Crippen molar-refractivity contribution in [2.45, 2.75) is 70.4 Å². The van der Waals surface area contributed by atoms with Crippen LogP contribution in [-0.4, -0.2) is 62.5 Å². The van der Waals surface area contributed by atoms with E-state index in [1.54, 1.807) is 34.9 Å². The Hall–Kier alpha value is -4.50. The minimum atomic E-state index is -2.96. The molecule has 1 fully saturated rings. The van der Waals surface area contributed by atoms with Crippen molar-refractivity contribution in [2.75, 3.05) is 6.54 Å². The van der Waals surface area contributed by atoms with Gasteiger partial charge in [0.1, 0.15) is 23.6 Å². The van der Waals surface area contributed by atoms with E-state index in [-0.39, 0.29) is 64.9 Å². The summed E-state index contributed by atoms with van der Waals surface area (Å²) in [4.78, 5) is 44.5. The molecule has 0 saturated heterocycles. The van der Waals surface area contributed by atoms with Crippen LogP contribution in [0, 0.1) is 11.3 Å². The number of carbonyl (C=O) groups excluding carboxylic acids is 3. The Kier molecular flexibility index (Phi) is 7.75. The lowest BCUT2D eigenvalue weighted by atomic mass is 9.96.